The molecule has 1 unspecified atom stereocenters. The Morgan fingerprint density at radius 2 is 2.09 bits per heavy atom. The summed E-state index contributed by atoms with van der Waals surface area (Å²) in [6.45, 7) is 4.75. The molecule has 2 aliphatic rings. The van der Waals surface area contributed by atoms with Crippen LogP contribution in [0.4, 0.5) is 18.9 Å². The zero-order chi connectivity index (χ0) is 23.6. The maximum atomic E-state index is 12.9. The molecule has 2 aromatic rings. The Morgan fingerprint density at radius 1 is 1.27 bits per heavy atom. The number of piperazine rings is 1. The van der Waals surface area contributed by atoms with E-state index in [9.17, 15) is 18.0 Å². The van der Waals surface area contributed by atoms with Crippen molar-refractivity contribution in [2.45, 2.75) is 57.6 Å². The average molecular weight is 486 g/mol. The molecule has 4 heterocycles. The van der Waals surface area contributed by atoms with Crippen LogP contribution in [0.1, 0.15) is 43.7 Å². The zero-order valence-corrected chi connectivity index (χ0v) is 19.1. The zero-order valence-electron chi connectivity index (χ0n) is 18.4. The van der Waals surface area contributed by atoms with Crippen LogP contribution >= 0.6 is 11.6 Å². The van der Waals surface area contributed by atoms with E-state index >= 15 is 0 Å². The third-order valence-electron chi connectivity index (χ3n) is 6.12. The van der Waals surface area contributed by atoms with Crippen LogP contribution in [-0.4, -0.2) is 58.1 Å². The van der Waals surface area contributed by atoms with Crippen molar-refractivity contribution in [3.8, 4) is 0 Å². The molecule has 0 radical (unpaired) electrons. The highest BCUT2D eigenvalue weighted by molar-refractivity contribution is 6.33. The number of rotatable bonds is 5. The largest absolute Gasteiger partial charge is 0.394 e. The quantitative estimate of drug-likeness (QED) is 0.642. The molecule has 11 heteroatoms. The minimum Gasteiger partial charge on any atom is -0.364 e. The molecule has 4 rings (SSSR count). The molecule has 2 aliphatic heterocycles. The number of pyridine rings is 1. The summed E-state index contributed by atoms with van der Waals surface area (Å²) in [6.07, 6.45) is -0.0753. The summed E-state index contributed by atoms with van der Waals surface area (Å²) in [5.41, 5.74) is 0.828. The summed E-state index contributed by atoms with van der Waals surface area (Å²) in [5.74, 6) is 0. The molecule has 2 fully saturated rings. The van der Waals surface area contributed by atoms with Crippen LogP contribution in [0.5, 0.6) is 0 Å². The molecule has 2 atom stereocenters. The molecule has 2 saturated heterocycles. The molecule has 0 aromatic carbocycles. The summed E-state index contributed by atoms with van der Waals surface area (Å²) in [6, 6.07) is 3.34. The smallest absolute Gasteiger partial charge is 0.364 e. The minimum atomic E-state index is -4.30. The molecule has 33 heavy (non-hydrogen) atoms. The number of nitrogens with zero attached hydrogens (tertiary/aromatic N) is 5. The fraction of sp³-hybridized carbons (Fsp3) is 0.591. The highest BCUT2D eigenvalue weighted by Gasteiger charge is 2.31. The SMILES string of the molecule is C[C@@H]1CN(Cc2cccnc2CC(F)(F)F)CCN1c1cnn(C2CCCCO2)c(=O)c1Cl. The predicted octanol–water partition coefficient (Wildman–Crippen LogP) is 3.81. The number of halogens is 4. The highest BCUT2D eigenvalue weighted by Crippen LogP contribution is 2.28. The van der Waals surface area contributed by atoms with E-state index in [-0.39, 0.29) is 22.3 Å². The Hall–Kier alpha value is -2.17. The van der Waals surface area contributed by atoms with Gasteiger partial charge in [0.05, 0.1) is 24.0 Å². The lowest BCUT2D eigenvalue weighted by molar-refractivity contribution is -0.128. The Morgan fingerprint density at radius 3 is 2.79 bits per heavy atom. The number of anilines is 1. The van der Waals surface area contributed by atoms with Crippen LogP contribution in [0.3, 0.4) is 0 Å². The molecule has 0 spiro atoms. The molecule has 0 saturated carbocycles. The summed E-state index contributed by atoms with van der Waals surface area (Å²) in [7, 11) is 0. The second kappa shape index (κ2) is 9.99. The molecule has 0 amide bonds. The predicted molar refractivity (Wildman–Crippen MR) is 118 cm³/mol. The minimum absolute atomic E-state index is 0.0121. The van der Waals surface area contributed by atoms with E-state index in [0.717, 1.165) is 19.3 Å². The van der Waals surface area contributed by atoms with Crippen LogP contribution in [0.2, 0.25) is 5.02 Å². The van der Waals surface area contributed by atoms with E-state index in [1.807, 2.05) is 11.8 Å². The lowest BCUT2D eigenvalue weighted by Crippen LogP contribution is -2.52. The van der Waals surface area contributed by atoms with Gasteiger partial charge in [-0.3, -0.25) is 14.7 Å². The third-order valence-corrected chi connectivity index (χ3v) is 6.48. The van der Waals surface area contributed by atoms with Crippen LogP contribution in [0.15, 0.2) is 29.3 Å². The van der Waals surface area contributed by atoms with Gasteiger partial charge in [-0.2, -0.15) is 23.0 Å². The normalized spacial score (nSPS) is 22.5. The van der Waals surface area contributed by atoms with Gasteiger partial charge in [0, 0.05) is 45.0 Å². The summed E-state index contributed by atoms with van der Waals surface area (Å²) < 4.78 is 45.7. The Balaban J connectivity index is 1.45. The molecule has 0 bridgehead atoms. The maximum absolute atomic E-state index is 12.9. The maximum Gasteiger partial charge on any atom is 0.394 e. The van der Waals surface area contributed by atoms with Gasteiger partial charge in [-0.15, -0.1) is 0 Å². The van der Waals surface area contributed by atoms with E-state index in [4.69, 9.17) is 16.3 Å². The number of ether oxygens (including phenoxy) is 1. The van der Waals surface area contributed by atoms with Crippen molar-refractivity contribution in [2.75, 3.05) is 31.1 Å². The second-order valence-corrected chi connectivity index (χ2v) is 8.97. The first kappa shape index (κ1) is 24.0. The first-order valence-electron chi connectivity index (χ1n) is 11.1. The van der Waals surface area contributed by atoms with Gasteiger partial charge in [0.25, 0.3) is 5.56 Å². The molecular weight excluding hydrogens is 459 g/mol. The fourth-order valence-corrected chi connectivity index (χ4v) is 4.74. The van der Waals surface area contributed by atoms with Crippen molar-refractivity contribution in [3.63, 3.8) is 0 Å². The van der Waals surface area contributed by atoms with Crippen LogP contribution in [-0.2, 0) is 17.7 Å². The number of hydrogen-bond acceptors (Lipinski definition) is 6. The Labute approximate surface area is 195 Å². The first-order chi connectivity index (χ1) is 15.7. The van der Waals surface area contributed by atoms with E-state index in [2.05, 4.69) is 15.0 Å². The standard InChI is InChI=1S/C22H27ClF3N5O2/c1-15-13-29(14-16-5-4-7-27-17(16)11-22(24,25)26)8-9-30(15)18-12-28-31(21(32)20(18)23)19-6-2-3-10-33-19/h4-5,7,12,15,19H,2-3,6,8-11,13-14H2,1H3/t15-,19?/m1/s1. The molecule has 0 aliphatic carbocycles. The van der Waals surface area contributed by atoms with E-state index < -0.39 is 18.8 Å². The molecule has 7 nitrogen and oxygen atoms in total. The van der Waals surface area contributed by atoms with Crippen molar-refractivity contribution in [3.05, 3.63) is 51.2 Å². The molecule has 0 N–H and O–H groups in total. The van der Waals surface area contributed by atoms with Gasteiger partial charge >= 0.3 is 6.18 Å². The van der Waals surface area contributed by atoms with Gasteiger partial charge in [-0.1, -0.05) is 17.7 Å². The van der Waals surface area contributed by atoms with Crippen molar-refractivity contribution < 1.29 is 17.9 Å². The van der Waals surface area contributed by atoms with E-state index in [0.29, 0.717) is 44.0 Å². The second-order valence-electron chi connectivity index (χ2n) is 8.59. The van der Waals surface area contributed by atoms with Crippen molar-refractivity contribution in [1.29, 1.82) is 0 Å². The number of alkyl halides is 3. The third kappa shape index (κ3) is 5.67. The molecule has 2 aromatic heterocycles. The van der Waals surface area contributed by atoms with Gasteiger partial charge in [0.1, 0.15) is 5.02 Å². The van der Waals surface area contributed by atoms with Crippen LogP contribution in [0, 0.1) is 0 Å². The lowest BCUT2D eigenvalue weighted by Gasteiger charge is -2.41. The Bertz CT molecular complexity index is 1030. The molecule has 180 valence electrons. The topological polar surface area (TPSA) is 63.5 Å². The van der Waals surface area contributed by atoms with Gasteiger partial charge in [-0.05, 0) is 37.8 Å². The van der Waals surface area contributed by atoms with Gasteiger partial charge in [0.15, 0.2) is 6.23 Å². The average Bonchev–Trinajstić information content (AvgIpc) is 2.77. The highest BCUT2D eigenvalue weighted by atomic mass is 35.5. The summed E-state index contributed by atoms with van der Waals surface area (Å²) in [5, 5.41) is 4.44. The van der Waals surface area contributed by atoms with Gasteiger partial charge in [0.2, 0.25) is 0 Å². The van der Waals surface area contributed by atoms with Crippen molar-refractivity contribution in [2.24, 2.45) is 0 Å². The lowest BCUT2D eigenvalue weighted by atomic mass is 10.1. The Kier molecular flexibility index (Phi) is 7.25. The van der Waals surface area contributed by atoms with Crippen LogP contribution in [0.25, 0.3) is 0 Å². The summed E-state index contributed by atoms with van der Waals surface area (Å²) in [4.78, 5) is 20.9. The van der Waals surface area contributed by atoms with E-state index in [1.165, 1.54) is 10.9 Å². The van der Waals surface area contributed by atoms with E-state index in [1.54, 1.807) is 18.3 Å². The van der Waals surface area contributed by atoms with Crippen molar-refractivity contribution in [1.82, 2.24) is 19.7 Å². The van der Waals surface area contributed by atoms with Gasteiger partial charge in [-0.25, -0.2) is 0 Å². The summed E-state index contributed by atoms with van der Waals surface area (Å²) >= 11 is 6.47. The van der Waals surface area contributed by atoms with Crippen molar-refractivity contribution >= 4 is 17.3 Å². The number of hydrogen-bond donors (Lipinski definition) is 0. The van der Waals surface area contributed by atoms with Crippen LogP contribution < -0.4 is 10.5 Å². The monoisotopic (exact) mass is 485 g/mol. The molecular formula is C22H27ClF3N5O2. The number of aromatic nitrogens is 3. The van der Waals surface area contributed by atoms with Gasteiger partial charge < -0.3 is 9.64 Å². The first-order valence-corrected chi connectivity index (χ1v) is 11.5. The fourth-order valence-electron chi connectivity index (χ4n) is 4.50.